The molecule has 0 saturated heterocycles. The number of carbonyl (C=O) groups excluding carboxylic acids is 1. The van der Waals surface area contributed by atoms with Crippen LogP contribution in [0.2, 0.25) is 0 Å². The number of nitrogens with two attached hydrogens (primary N) is 1. The molecule has 2 aromatic rings. The molecule has 0 heterocycles. The first-order valence-electron chi connectivity index (χ1n) is 8.95. The maximum Gasteiger partial charge on any atom is 0.238 e. The molecule has 134 valence electrons. The lowest BCUT2D eigenvalue weighted by atomic mass is 10.0. The number of amides is 1. The lowest BCUT2D eigenvalue weighted by molar-refractivity contribution is -0.117. The molecule has 0 saturated carbocycles. The molecule has 0 aliphatic rings. The SMILES string of the molecule is CC(C)c1ccccc1NC(=O)CN(CCN)CCc1ccccc1. The monoisotopic (exact) mass is 339 g/mol. The van der Waals surface area contributed by atoms with Gasteiger partial charge in [0.15, 0.2) is 0 Å². The predicted molar refractivity (Wildman–Crippen MR) is 105 cm³/mol. The molecule has 0 fully saturated rings. The fourth-order valence-corrected chi connectivity index (χ4v) is 2.89. The quantitative estimate of drug-likeness (QED) is 0.737. The first kappa shape index (κ1) is 19.2. The van der Waals surface area contributed by atoms with Gasteiger partial charge in [-0.15, -0.1) is 0 Å². The van der Waals surface area contributed by atoms with Crippen LogP contribution in [0, 0.1) is 0 Å². The molecule has 0 atom stereocenters. The van der Waals surface area contributed by atoms with E-state index in [0.29, 0.717) is 25.6 Å². The van der Waals surface area contributed by atoms with Gasteiger partial charge in [-0.25, -0.2) is 0 Å². The number of nitrogens with one attached hydrogen (secondary N) is 1. The Balaban J connectivity index is 1.93. The summed E-state index contributed by atoms with van der Waals surface area (Å²) in [4.78, 5) is 14.6. The third-order valence-electron chi connectivity index (χ3n) is 4.23. The number of hydrogen-bond acceptors (Lipinski definition) is 3. The zero-order valence-corrected chi connectivity index (χ0v) is 15.2. The van der Waals surface area contributed by atoms with Gasteiger partial charge < -0.3 is 11.1 Å². The van der Waals surface area contributed by atoms with E-state index in [0.717, 1.165) is 24.2 Å². The first-order chi connectivity index (χ1) is 12.1. The Kier molecular flexibility index (Phi) is 7.64. The van der Waals surface area contributed by atoms with Gasteiger partial charge in [0.1, 0.15) is 0 Å². The number of para-hydroxylation sites is 1. The third kappa shape index (κ3) is 6.33. The van der Waals surface area contributed by atoms with E-state index in [1.54, 1.807) is 0 Å². The Morgan fingerprint density at radius 1 is 1.04 bits per heavy atom. The Hall–Kier alpha value is -2.17. The largest absolute Gasteiger partial charge is 0.329 e. The molecule has 2 aromatic carbocycles. The number of nitrogens with zero attached hydrogens (tertiary/aromatic N) is 1. The third-order valence-corrected chi connectivity index (χ3v) is 4.23. The first-order valence-corrected chi connectivity index (χ1v) is 8.95. The van der Waals surface area contributed by atoms with Crippen LogP contribution in [-0.4, -0.2) is 37.0 Å². The highest BCUT2D eigenvalue weighted by molar-refractivity contribution is 5.93. The maximum atomic E-state index is 12.5. The smallest absolute Gasteiger partial charge is 0.238 e. The van der Waals surface area contributed by atoms with Crippen LogP contribution < -0.4 is 11.1 Å². The van der Waals surface area contributed by atoms with Gasteiger partial charge >= 0.3 is 0 Å². The van der Waals surface area contributed by atoms with Crippen molar-refractivity contribution < 1.29 is 4.79 Å². The Bertz CT molecular complexity index is 655. The Morgan fingerprint density at radius 2 is 1.72 bits per heavy atom. The highest BCUT2D eigenvalue weighted by Gasteiger charge is 2.13. The van der Waals surface area contributed by atoms with Crippen LogP contribution in [0.15, 0.2) is 54.6 Å². The van der Waals surface area contributed by atoms with Crippen molar-refractivity contribution >= 4 is 11.6 Å². The molecule has 0 aliphatic heterocycles. The lowest BCUT2D eigenvalue weighted by Crippen LogP contribution is -2.38. The molecular formula is C21H29N3O. The second-order valence-corrected chi connectivity index (χ2v) is 6.59. The average molecular weight is 339 g/mol. The van der Waals surface area contributed by atoms with E-state index in [1.165, 1.54) is 5.56 Å². The Morgan fingerprint density at radius 3 is 2.40 bits per heavy atom. The number of anilines is 1. The van der Waals surface area contributed by atoms with Gasteiger partial charge in [0, 0.05) is 25.3 Å². The molecule has 25 heavy (non-hydrogen) atoms. The highest BCUT2D eigenvalue weighted by atomic mass is 16.2. The van der Waals surface area contributed by atoms with E-state index in [1.807, 2.05) is 36.4 Å². The summed E-state index contributed by atoms with van der Waals surface area (Å²) in [6.07, 6.45) is 0.913. The van der Waals surface area contributed by atoms with Gasteiger partial charge in [0.25, 0.3) is 0 Å². The summed E-state index contributed by atoms with van der Waals surface area (Å²) in [7, 11) is 0. The zero-order chi connectivity index (χ0) is 18.1. The van der Waals surface area contributed by atoms with E-state index in [9.17, 15) is 4.79 Å². The van der Waals surface area contributed by atoms with Crippen molar-refractivity contribution in [1.29, 1.82) is 0 Å². The number of benzene rings is 2. The van der Waals surface area contributed by atoms with Gasteiger partial charge in [-0.05, 0) is 29.5 Å². The van der Waals surface area contributed by atoms with Crippen LogP contribution in [0.4, 0.5) is 5.69 Å². The van der Waals surface area contributed by atoms with Gasteiger partial charge in [0.05, 0.1) is 6.54 Å². The second-order valence-electron chi connectivity index (χ2n) is 6.59. The number of carbonyl (C=O) groups is 1. The molecule has 2 rings (SSSR count). The molecule has 0 bridgehead atoms. The summed E-state index contributed by atoms with van der Waals surface area (Å²) in [5.74, 6) is 0.379. The molecular weight excluding hydrogens is 310 g/mol. The van der Waals surface area contributed by atoms with Crippen molar-refractivity contribution in [3.05, 3.63) is 65.7 Å². The van der Waals surface area contributed by atoms with Gasteiger partial charge in [-0.3, -0.25) is 9.69 Å². The minimum absolute atomic E-state index is 0.00890. The molecule has 0 spiro atoms. The molecule has 0 aromatic heterocycles. The molecule has 4 heteroatoms. The minimum atomic E-state index is 0.00890. The van der Waals surface area contributed by atoms with E-state index >= 15 is 0 Å². The summed E-state index contributed by atoms with van der Waals surface area (Å²) in [5.41, 5.74) is 9.05. The van der Waals surface area contributed by atoms with Crippen LogP contribution in [-0.2, 0) is 11.2 Å². The normalized spacial score (nSPS) is 11.1. The number of hydrogen-bond donors (Lipinski definition) is 2. The molecule has 0 unspecified atom stereocenters. The summed E-state index contributed by atoms with van der Waals surface area (Å²) in [6, 6.07) is 18.3. The van der Waals surface area contributed by atoms with Gasteiger partial charge in [0.2, 0.25) is 5.91 Å². The molecule has 4 nitrogen and oxygen atoms in total. The van der Waals surface area contributed by atoms with Crippen molar-refractivity contribution in [3.8, 4) is 0 Å². The van der Waals surface area contributed by atoms with Crippen molar-refractivity contribution in [1.82, 2.24) is 4.90 Å². The average Bonchev–Trinajstić information content (AvgIpc) is 2.61. The zero-order valence-electron chi connectivity index (χ0n) is 15.2. The summed E-state index contributed by atoms with van der Waals surface area (Å²) in [5, 5.41) is 3.06. The minimum Gasteiger partial charge on any atom is -0.329 e. The van der Waals surface area contributed by atoms with E-state index in [4.69, 9.17) is 5.73 Å². The van der Waals surface area contributed by atoms with Crippen molar-refractivity contribution in [3.63, 3.8) is 0 Å². The fraction of sp³-hybridized carbons (Fsp3) is 0.381. The van der Waals surface area contributed by atoms with Crippen LogP contribution >= 0.6 is 0 Å². The van der Waals surface area contributed by atoms with Crippen LogP contribution in [0.5, 0.6) is 0 Å². The van der Waals surface area contributed by atoms with Crippen molar-refractivity contribution in [2.45, 2.75) is 26.2 Å². The van der Waals surface area contributed by atoms with E-state index in [-0.39, 0.29) is 5.91 Å². The lowest BCUT2D eigenvalue weighted by Gasteiger charge is -2.22. The predicted octanol–water partition coefficient (Wildman–Crippen LogP) is 3.25. The Labute approximate surface area is 151 Å². The molecule has 0 radical (unpaired) electrons. The topological polar surface area (TPSA) is 58.4 Å². The van der Waals surface area contributed by atoms with Crippen LogP contribution in [0.3, 0.4) is 0 Å². The highest BCUT2D eigenvalue weighted by Crippen LogP contribution is 2.23. The summed E-state index contributed by atoms with van der Waals surface area (Å²) in [6.45, 7) is 6.70. The standard InChI is InChI=1S/C21H29N3O/c1-17(2)19-10-6-7-11-20(19)23-21(25)16-24(15-13-22)14-12-18-8-4-3-5-9-18/h3-11,17H,12-16,22H2,1-2H3,(H,23,25). The van der Waals surface area contributed by atoms with E-state index < -0.39 is 0 Å². The maximum absolute atomic E-state index is 12.5. The second kappa shape index (κ2) is 9.97. The number of rotatable bonds is 9. The molecule has 3 N–H and O–H groups in total. The van der Waals surface area contributed by atoms with Crippen LogP contribution in [0.1, 0.15) is 30.9 Å². The molecule has 1 amide bonds. The van der Waals surface area contributed by atoms with Gasteiger partial charge in [-0.1, -0.05) is 62.4 Å². The fourth-order valence-electron chi connectivity index (χ4n) is 2.89. The summed E-state index contributed by atoms with van der Waals surface area (Å²) < 4.78 is 0. The van der Waals surface area contributed by atoms with Crippen LogP contribution in [0.25, 0.3) is 0 Å². The van der Waals surface area contributed by atoms with Gasteiger partial charge in [-0.2, -0.15) is 0 Å². The van der Waals surface area contributed by atoms with Crippen molar-refractivity contribution in [2.75, 3.05) is 31.5 Å². The van der Waals surface area contributed by atoms with Crippen molar-refractivity contribution in [2.24, 2.45) is 5.73 Å². The molecule has 0 aliphatic carbocycles. The summed E-state index contributed by atoms with van der Waals surface area (Å²) >= 11 is 0. The van der Waals surface area contributed by atoms with E-state index in [2.05, 4.69) is 42.3 Å².